The van der Waals surface area contributed by atoms with E-state index < -0.39 is 5.54 Å². The van der Waals surface area contributed by atoms with Gasteiger partial charge in [0, 0.05) is 12.6 Å². The van der Waals surface area contributed by atoms with Crippen LogP contribution in [0.5, 0.6) is 0 Å². The molecule has 3 N–H and O–H groups in total. The van der Waals surface area contributed by atoms with Crippen LogP contribution >= 0.6 is 11.3 Å². The van der Waals surface area contributed by atoms with Crippen LogP contribution < -0.4 is 16.0 Å². The fourth-order valence-electron chi connectivity index (χ4n) is 3.68. The van der Waals surface area contributed by atoms with Gasteiger partial charge in [0.1, 0.15) is 0 Å². The van der Waals surface area contributed by atoms with Crippen molar-refractivity contribution in [3.63, 3.8) is 0 Å². The van der Waals surface area contributed by atoms with Crippen molar-refractivity contribution < 1.29 is 19.1 Å². The van der Waals surface area contributed by atoms with Crippen LogP contribution in [-0.4, -0.2) is 35.0 Å². The molecule has 0 saturated heterocycles. The van der Waals surface area contributed by atoms with Crippen molar-refractivity contribution in [2.24, 2.45) is 0 Å². The number of fused-ring (bicyclic) bond motifs is 1. The lowest BCUT2D eigenvalue weighted by Gasteiger charge is -2.37. The molecule has 8 nitrogen and oxygen atoms in total. The second-order valence-corrected chi connectivity index (χ2v) is 8.32. The zero-order valence-corrected chi connectivity index (χ0v) is 17.5. The number of anilines is 2. The lowest BCUT2D eigenvalue weighted by molar-refractivity contribution is -0.145. The number of urea groups is 1. The lowest BCUT2D eigenvalue weighted by Crippen LogP contribution is -2.52. The molecule has 156 valence electrons. The topological polar surface area (TPSA) is 109 Å². The Morgan fingerprint density at radius 2 is 1.93 bits per heavy atom. The van der Waals surface area contributed by atoms with Crippen molar-refractivity contribution >= 4 is 50.3 Å². The molecule has 9 heteroatoms. The number of esters is 1. The first-order valence-corrected chi connectivity index (χ1v) is 10.6. The first-order chi connectivity index (χ1) is 13.9. The number of carbonyl (C=O) groups is 3. The number of thiazole rings is 1. The highest BCUT2D eigenvalue weighted by atomic mass is 32.1. The van der Waals surface area contributed by atoms with Gasteiger partial charge in [-0.15, -0.1) is 0 Å². The van der Waals surface area contributed by atoms with Gasteiger partial charge in [-0.25, -0.2) is 9.78 Å². The normalized spacial score (nSPS) is 15.5. The van der Waals surface area contributed by atoms with Crippen LogP contribution in [0.3, 0.4) is 0 Å². The molecule has 1 aliphatic carbocycles. The Bertz CT molecular complexity index is 905. The van der Waals surface area contributed by atoms with E-state index in [4.69, 9.17) is 4.74 Å². The molecule has 1 aromatic carbocycles. The molecule has 1 heterocycles. The summed E-state index contributed by atoms with van der Waals surface area (Å²) in [5.41, 5.74) is 0.713. The van der Waals surface area contributed by atoms with Crippen LogP contribution in [0.15, 0.2) is 18.2 Å². The van der Waals surface area contributed by atoms with E-state index in [1.807, 2.05) is 6.07 Å². The molecular formula is C20H26N4O4S. The molecule has 0 unspecified atom stereocenters. The first-order valence-electron chi connectivity index (χ1n) is 9.82. The fourth-order valence-corrected chi connectivity index (χ4v) is 4.57. The maximum atomic E-state index is 12.7. The summed E-state index contributed by atoms with van der Waals surface area (Å²) >= 11 is 1.37. The Labute approximate surface area is 173 Å². The van der Waals surface area contributed by atoms with Gasteiger partial charge < -0.3 is 20.7 Å². The summed E-state index contributed by atoms with van der Waals surface area (Å²) < 4.78 is 6.01. The van der Waals surface area contributed by atoms with Gasteiger partial charge in [-0.05, 0) is 38.0 Å². The minimum Gasteiger partial charge on any atom is -0.466 e. The monoisotopic (exact) mass is 418 g/mol. The number of hydrogen-bond donors (Lipinski definition) is 3. The maximum Gasteiger partial charge on any atom is 0.319 e. The van der Waals surface area contributed by atoms with Gasteiger partial charge in [-0.2, -0.15) is 0 Å². The zero-order valence-electron chi connectivity index (χ0n) is 16.7. The van der Waals surface area contributed by atoms with Gasteiger partial charge in [0.2, 0.25) is 5.91 Å². The zero-order chi connectivity index (χ0) is 20.9. The Morgan fingerprint density at radius 1 is 1.17 bits per heavy atom. The Balaban J connectivity index is 1.69. The second kappa shape index (κ2) is 9.21. The molecule has 1 aromatic heterocycles. The second-order valence-electron chi connectivity index (χ2n) is 7.28. The summed E-state index contributed by atoms with van der Waals surface area (Å²) in [7, 11) is 0. The van der Waals surface area contributed by atoms with Crippen LogP contribution in [0.25, 0.3) is 10.2 Å². The van der Waals surface area contributed by atoms with Crippen LogP contribution in [0.1, 0.15) is 52.4 Å². The van der Waals surface area contributed by atoms with Gasteiger partial charge in [0.05, 0.1) is 28.8 Å². The first kappa shape index (κ1) is 21.0. The molecule has 1 saturated carbocycles. The van der Waals surface area contributed by atoms with Crippen molar-refractivity contribution in [2.45, 2.75) is 57.9 Å². The summed E-state index contributed by atoms with van der Waals surface area (Å²) in [5.74, 6) is -0.467. The van der Waals surface area contributed by atoms with Crippen molar-refractivity contribution in [1.29, 1.82) is 0 Å². The van der Waals surface area contributed by atoms with Gasteiger partial charge in [-0.3, -0.25) is 9.59 Å². The highest BCUT2D eigenvalue weighted by Crippen LogP contribution is 2.32. The number of benzene rings is 1. The van der Waals surface area contributed by atoms with Gasteiger partial charge in [0.15, 0.2) is 5.13 Å². The summed E-state index contributed by atoms with van der Waals surface area (Å²) in [6.45, 7) is 3.54. The van der Waals surface area contributed by atoms with Crippen LogP contribution in [0, 0.1) is 0 Å². The van der Waals surface area contributed by atoms with Crippen molar-refractivity contribution in [2.75, 3.05) is 17.2 Å². The number of aromatic nitrogens is 1. The quantitative estimate of drug-likeness (QED) is 0.614. The Hall–Kier alpha value is -2.68. The molecule has 0 bridgehead atoms. The van der Waals surface area contributed by atoms with Crippen molar-refractivity contribution in [3.8, 4) is 0 Å². The standard InChI is InChI=1S/C20H26N4O4S/c1-3-28-17(26)12-20(9-5-4-6-10-20)24-18(27)22-14-7-8-16-15(11-14)23-19(29-16)21-13(2)25/h7-8,11H,3-6,9-10,12H2,1-2H3,(H,21,23,25)(H2,22,24,27). The predicted octanol–water partition coefficient (Wildman–Crippen LogP) is 4.03. The number of hydrogen-bond acceptors (Lipinski definition) is 6. The number of carbonyl (C=O) groups excluding carboxylic acids is 3. The highest BCUT2D eigenvalue weighted by Gasteiger charge is 2.36. The third-order valence-electron chi connectivity index (χ3n) is 4.91. The van der Waals surface area contributed by atoms with E-state index in [-0.39, 0.29) is 24.3 Å². The number of amides is 3. The summed E-state index contributed by atoms with van der Waals surface area (Å²) in [5, 5.41) is 9.05. The van der Waals surface area contributed by atoms with Gasteiger partial charge in [0.25, 0.3) is 0 Å². The average Bonchev–Trinajstić information content (AvgIpc) is 3.02. The van der Waals surface area contributed by atoms with Gasteiger partial charge in [-0.1, -0.05) is 30.6 Å². The molecule has 0 atom stereocenters. The van der Waals surface area contributed by atoms with E-state index in [0.29, 0.717) is 22.9 Å². The van der Waals surface area contributed by atoms with Crippen LogP contribution in [0.2, 0.25) is 0 Å². The molecule has 3 amide bonds. The molecule has 0 radical (unpaired) electrons. The lowest BCUT2D eigenvalue weighted by atomic mass is 9.79. The summed E-state index contributed by atoms with van der Waals surface area (Å²) in [6.07, 6.45) is 4.73. The van der Waals surface area contributed by atoms with Crippen LogP contribution in [0.4, 0.5) is 15.6 Å². The van der Waals surface area contributed by atoms with E-state index in [1.165, 1.54) is 18.3 Å². The average molecular weight is 419 g/mol. The Morgan fingerprint density at radius 3 is 2.62 bits per heavy atom. The van der Waals surface area contributed by atoms with Crippen molar-refractivity contribution in [1.82, 2.24) is 10.3 Å². The minimum atomic E-state index is -0.572. The highest BCUT2D eigenvalue weighted by molar-refractivity contribution is 7.22. The minimum absolute atomic E-state index is 0.179. The van der Waals surface area contributed by atoms with E-state index in [2.05, 4.69) is 20.9 Å². The summed E-state index contributed by atoms with van der Waals surface area (Å²) in [6, 6.07) is 5.04. The third-order valence-corrected chi connectivity index (χ3v) is 5.86. The smallest absolute Gasteiger partial charge is 0.319 e. The molecule has 29 heavy (non-hydrogen) atoms. The SMILES string of the molecule is CCOC(=O)CC1(NC(=O)Nc2ccc3sc(NC(C)=O)nc3c2)CCCCC1. The Kier molecular flexibility index (Phi) is 6.68. The number of nitrogens with zero attached hydrogens (tertiary/aromatic N) is 1. The third kappa shape index (κ3) is 5.66. The number of rotatable bonds is 6. The van der Waals surface area contributed by atoms with E-state index >= 15 is 0 Å². The largest absolute Gasteiger partial charge is 0.466 e. The molecule has 2 aromatic rings. The molecule has 0 spiro atoms. The number of nitrogens with one attached hydrogen (secondary N) is 3. The molecular weight excluding hydrogens is 392 g/mol. The molecule has 3 rings (SSSR count). The van der Waals surface area contributed by atoms with Gasteiger partial charge >= 0.3 is 12.0 Å². The maximum absolute atomic E-state index is 12.7. The van der Waals surface area contributed by atoms with E-state index in [1.54, 1.807) is 19.1 Å². The summed E-state index contributed by atoms with van der Waals surface area (Å²) in [4.78, 5) is 40.3. The van der Waals surface area contributed by atoms with Crippen LogP contribution in [-0.2, 0) is 14.3 Å². The fraction of sp³-hybridized carbons (Fsp3) is 0.500. The predicted molar refractivity (Wildman–Crippen MR) is 113 cm³/mol. The molecule has 0 aliphatic heterocycles. The van der Waals surface area contributed by atoms with E-state index in [9.17, 15) is 14.4 Å². The van der Waals surface area contributed by atoms with Crippen molar-refractivity contribution in [3.05, 3.63) is 18.2 Å². The molecule has 1 aliphatic rings. The number of ether oxygens (including phenoxy) is 1. The molecule has 1 fully saturated rings. The van der Waals surface area contributed by atoms with E-state index in [0.717, 1.165) is 36.8 Å².